The molecule has 124 valence electrons. The van der Waals surface area contributed by atoms with Crippen LogP contribution in [0.1, 0.15) is 15.9 Å². The number of hydrazone groups is 1. The second kappa shape index (κ2) is 7.79. The van der Waals surface area contributed by atoms with Crippen molar-refractivity contribution in [1.82, 2.24) is 5.43 Å². The molecule has 0 saturated carbocycles. The van der Waals surface area contributed by atoms with Crippen molar-refractivity contribution in [3.8, 4) is 17.2 Å². The molecular weight excluding hydrogens is 316 g/mol. The molecule has 0 aliphatic carbocycles. The van der Waals surface area contributed by atoms with Crippen LogP contribution in [0, 0.1) is 0 Å². The second-order valence-electron chi connectivity index (χ2n) is 5.20. The summed E-state index contributed by atoms with van der Waals surface area (Å²) in [7, 11) is 0. The van der Waals surface area contributed by atoms with Gasteiger partial charge in [-0.2, -0.15) is 5.10 Å². The van der Waals surface area contributed by atoms with E-state index < -0.39 is 5.91 Å². The number of hydrogen-bond donors (Lipinski definition) is 2. The minimum absolute atomic E-state index is 0.0894. The first-order chi connectivity index (χ1) is 12.2. The van der Waals surface area contributed by atoms with Gasteiger partial charge in [-0.1, -0.05) is 42.5 Å². The number of carbonyl (C=O) groups excluding carboxylic acids is 1. The lowest BCUT2D eigenvalue weighted by molar-refractivity contribution is 0.0952. The Morgan fingerprint density at radius 2 is 1.64 bits per heavy atom. The molecule has 0 spiro atoms. The van der Waals surface area contributed by atoms with Crippen LogP contribution in [-0.2, 0) is 0 Å². The normalized spacial score (nSPS) is 10.6. The molecule has 25 heavy (non-hydrogen) atoms. The van der Waals surface area contributed by atoms with Crippen LogP contribution >= 0.6 is 0 Å². The molecule has 2 N–H and O–H groups in total. The van der Waals surface area contributed by atoms with E-state index in [1.807, 2.05) is 54.6 Å². The number of carbonyl (C=O) groups is 1. The Hall–Kier alpha value is -3.60. The highest BCUT2D eigenvalue weighted by Gasteiger charge is 2.08. The Kier molecular flexibility index (Phi) is 5.07. The number of phenols is 1. The van der Waals surface area contributed by atoms with Crippen LogP contribution in [0.25, 0.3) is 0 Å². The van der Waals surface area contributed by atoms with Gasteiger partial charge in [-0.25, -0.2) is 5.43 Å². The van der Waals surface area contributed by atoms with Crippen LogP contribution in [0.15, 0.2) is 84.0 Å². The fourth-order valence-electron chi connectivity index (χ4n) is 2.17. The third-order valence-corrected chi connectivity index (χ3v) is 3.37. The van der Waals surface area contributed by atoms with Gasteiger partial charge >= 0.3 is 0 Å². The number of ether oxygens (including phenoxy) is 1. The number of rotatable bonds is 5. The Balaban J connectivity index is 1.65. The Morgan fingerprint density at radius 1 is 0.920 bits per heavy atom. The van der Waals surface area contributed by atoms with E-state index in [0.29, 0.717) is 5.75 Å². The van der Waals surface area contributed by atoms with E-state index in [1.165, 1.54) is 18.3 Å². The van der Waals surface area contributed by atoms with Crippen molar-refractivity contribution >= 4 is 12.1 Å². The molecule has 0 unspecified atom stereocenters. The number of aromatic hydroxyl groups is 1. The van der Waals surface area contributed by atoms with E-state index in [0.717, 1.165) is 11.3 Å². The molecule has 5 nitrogen and oxygen atoms in total. The molecule has 3 rings (SSSR count). The van der Waals surface area contributed by atoms with Gasteiger partial charge in [0.05, 0.1) is 11.8 Å². The second-order valence-corrected chi connectivity index (χ2v) is 5.20. The molecule has 0 atom stereocenters. The van der Waals surface area contributed by atoms with Gasteiger partial charge in [0.1, 0.15) is 17.2 Å². The highest BCUT2D eigenvalue weighted by Crippen LogP contribution is 2.21. The molecule has 0 radical (unpaired) electrons. The van der Waals surface area contributed by atoms with E-state index in [9.17, 15) is 9.90 Å². The van der Waals surface area contributed by atoms with Crippen molar-refractivity contribution in [2.75, 3.05) is 0 Å². The molecule has 1 amide bonds. The summed E-state index contributed by atoms with van der Waals surface area (Å²) in [5, 5.41) is 13.6. The van der Waals surface area contributed by atoms with Gasteiger partial charge in [0, 0.05) is 0 Å². The van der Waals surface area contributed by atoms with Crippen LogP contribution in [0.2, 0.25) is 0 Å². The number of benzene rings is 3. The molecule has 0 bridgehead atoms. The van der Waals surface area contributed by atoms with Crippen molar-refractivity contribution in [2.24, 2.45) is 5.10 Å². The molecule has 0 heterocycles. The van der Waals surface area contributed by atoms with Gasteiger partial charge in [-0.05, 0) is 42.0 Å². The maximum atomic E-state index is 12.0. The van der Waals surface area contributed by atoms with Gasteiger partial charge in [0.25, 0.3) is 5.91 Å². The summed E-state index contributed by atoms with van der Waals surface area (Å²) in [5.74, 6) is 0.839. The van der Waals surface area contributed by atoms with Crippen molar-refractivity contribution < 1.29 is 14.6 Å². The monoisotopic (exact) mass is 332 g/mol. The molecule has 5 heteroatoms. The highest BCUT2D eigenvalue weighted by molar-refractivity contribution is 5.97. The van der Waals surface area contributed by atoms with Gasteiger partial charge in [0.2, 0.25) is 0 Å². The van der Waals surface area contributed by atoms with Crippen molar-refractivity contribution in [3.63, 3.8) is 0 Å². The number of amides is 1. The average molecular weight is 332 g/mol. The zero-order valence-electron chi connectivity index (χ0n) is 13.3. The van der Waals surface area contributed by atoms with E-state index in [-0.39, 0.29) is 11.3 Å². The number of phenolic OH excluding ortho intramolecular Hbond substituents is 1. The van der Waals surface area contributed by atoms with Crippen LogP contribution < -0.4 is 10.2 Å². The lowest BCUT2D eigenvalue weighted by Gasteiger charge is -2.06. The maximum absolute atomic E-state index is 12.0. The molecule has 0 saturated heterocycles. The first-order valence-corrected chi connectivity index (χ1v) is 7.67. The van der Waals surface area contributed by atoms with E-state index in [4.69, 9.17) is 4.74 Å². The Bertz CT molecular complexity index is 892. The largest absolute Gasteiger partial charge is 0.507 e. The number of hydrogen-bond acceptors (Lipinski definition) is 4. The minimum Gasteiger partial charge on any atom is -0.507 e. The summed E-state index contributed by atoms with van der Waals surface area (Å²) in [6, 6.07) is 23.1. The summed E-state index contributed by atoms with van der Waals surface area (Å²) in [4.78, 5) is 12.0. The zero-order valence-corrected chi connectivity index (χ0v) is 13.3. The van der Waals surface area contributed by atoms with Crippen LogP contribution in [0.3, 0.4) is 0 Å². The van der Waals surface area contributed by atoms with Crippen molar-refractivity contribution in [3.05, 3.63) is 90.0 Å². The third-order valence-electron chi connectivity index (χ3n) is 3.37. The summed E-state index contributed by atoms with van der Waals surface area (Å²) in [6.07, 6.45) is 1.51. The number of nitrogens with one attached hydrogen (secondary N) is 1. The molecule has 0 aromatic heterocycles. The van der Waals surface area contributed by atoms with Gasteiger partial charge in [-0.3, -0.25) is 4.79 Å². The topological polar surface area (TPSA) is 70.9 Å². The number of nitrogens with zero attached hydrogens (tertiary/aromatic N) is 1. The predicted octanol–water partition coefficient (Wildman–Crippen LogP) is 3.95. The molecule has 0 fully saturated rings. The molecule has 0 aliphatic heterocycles. The lowest BCUT2D eigenvalue weighted by atomic mass is 10.2. The Labute approximate surface area is 145 Å². The highest BCUT2D eigenvalue weighted by atomic mass is 16.5. The first-order valence-electron chi connectivity index (χ1n) is 7.67. The fraction of sp³-hybridized carbons (Fsp3) is 0. The molecular formula is C20H16N2O3. The van der Waals surface area contributed by atoms with Gasteiger partial charge < -0.3 is 9.84 Å². The van der Waals surface area contributed by atoms with Crippen LogP contribution in [0.5, 0.6) is 17.2 Å². The SMILES string of the molecule is O=C(N/N=C/c1cccc(Oc2ccccc2)c1)c1ccccc1O. The first kappa shape index (κ1) is 16.3. The standard InChI is InChI=1S/C20H16N2O3/c23-19-12-5-4-11-18(19)20(24)22-21-14-15-7-6-10-17(13-15)25-16-8-2-1-3-9-16/h1-14,23H,(H,22,24)/b21-14+. The number of para-hydroxylation sites is 2. The van der Waals surface area contributed by atoms with E-state index in [1.54, 1.807) is 12.1 Å². The summed E-state index contributed by atoms with van der Waals surface area (Å²) < 4.78 is 5.75. The third kappa shape index (κ3) is 4.45. The lowest BCUT2D eigenvalue weighted by Crippen LogP contribution is -2.17. The minimum atomic E-state index is -0.481. The maximum Gasteiger partial charge on any atom is 0.275 e. The van der Waals surface area contributed by atoms with Crippen LogP contribution in [0.4, 0.5) is 0 Å². The molecule has 3 aromatic carbocycles. The van der Waals surface area contributed by atoms with Gasteiger partial charge in [-0.15, -0.1) is 0 Å². The van der Waals surface area contributed by atoms with Crippen molar-refractivity contribution in [1.29, 1.82) is 0 Å². The zero-order chi connectivity index (χ0) is 17.5. The Morgan fingerprint density at radius 3 is 2.44 bits per heavy atom. The van der Waals surface area contributed by atoms with Gasteiger partial charge in [0.15, 0.2) is 0 Å². The molecule has 3 aromatic rings. The van der Waals surface area contributed by atoms with Crippen LogP contribution in [-0.4, -0.2) is 17.2 Å². The smallest absolute Gasteiger partial charge is 0.275 e. The summed E-state index contributed by atoms with van der Waals surface area (Å²) >= 11 is 0. The average Bonchev–Trinajstić information content (AvgIpc) is 2.63. The molecule has 0 aliphatic rings. The quantitative estimate of drug-likeness (QED) is 0.549. The predicted molar refractivity (Wildman–Crippen MR) is 96.1 cm³/mol. The van der Waals surface area contributed by atoms with E-state index in [2.05, 4.69) is 10.5 Å². The summed E-state index contributed by atoms with van der Waals surface area (Å²) in [6.45, 7) is 0. The summed E-state index contributed by atoms with van der Waals surface area (Å²) in [5.41, 5.74) is 3.32. The van der Waals surface area contributed by atoms with E-state index >= 15 is 0 Å². The van der Waals surface area contributed by atoms with Crippen molar-refractivity contribution in [2.45, 2.75) is 0 Å². The fourth-order valence-corrected chi connectivity index (χ4v) is 2.17.